The second-order valence-corrected chi connectivity index (χ2v) is 8.95. The van der Waals surface area contributed by atoms with E-state index in [1.807, 2.05) is 0 Å². The van der Waals surface area contributed by atoms with Gasteiger partial charge >= 0.3 is 0 Å². The highest BCUT2D eigenvalue weighted by molar-refractivity contribution is 5.82. The molecule has 0 aliphatic carbocycles. The van der Waals surface area contributed by atoms with E-state index >= 15 is 0 Å². The number of hydrogen-bond acceptors (Lipinski definition) is 10. The van der Waals surface area contributed by atoms with Crippen LogP contribution < -0.4 is 54.8 Å². The third kappa shape index (κ3) is 20.8. The molecule has 0 aliphatic heterocycles. The Labute approximate surface area is 218 Å². The first-order chi connectivity index (χ1) is 17.6. The normalized spacial score (nSPS) is 12.9. The Morgan fingerprint density at radius 1 is 0.472 bits per heavy atom. The molecule has 0 bridgehead atoms. The van der Waals surface area contributed by atoms with E-state index in [-0.39, 0.29) is 23.9 Å². The van der Waals surface area contributed by atoms with Gasteiger partial charge < -0.3 is 54.8 Å². The summed E-state index contributed by atoms with van der Waals surface area (Å²) >= 11 is 0. The first-order valence-corrected chi connectivity index (χ1v) is 13.8. The zero-order valence-corrected chi connectivity index (χ0v) is 22.4. The van der Waals surface area contributed by atoms with Crippen molar-refractivity contribution in [1.29, 1.82) is 0 Å². The van der Waals surface area contributed by atoms with Crippen LogP contribution in [0.2, 0.25) is 0 Å². The third-order valence-electron chi connectivity index (χ3n) is 5.71. The highest BCUT2D eigenvalue weighted by atomic mass is 16.2. The molecule has 2 amide bonds. The Morgan fingerprint density at radius 3 is 1.17 bits per heavy atom. The Bertz CT molecular complexity index is 469. The minimum Gasteiger partial charge on any atom is -0.353 e. The topological polar surface area (TPSA) is 210 Å². The first kappa shape index (κ1) is 34.6. The smallest absolute Gasteiger partial charge is 0.237 e. The van der Waals surface area contributed by atoms with Gasteiger partial charge in [-0.15, -0.1) is 0 Å². The van der Waals surface area contributed by atoms with E-state index < -0.39 is 0 Å². The number of nitrogens with one attached hydrogen (secondary N) is 6. The van der Waals surface area contributed by atoms with E-state index in [2.05, 4.69) is 31.9 Å². The molecule has 12 nitrogen and oxygen atoms in total. The van der Waals surface area contributed by atoms with E-state index in [1.165, 1.54) is 0 Å². The summed E-state index contributed by atoms with van der Waals surface area (Å²) in [6, 6.07) is -0.554. The fraction of sp³-hybridized carbons (Fsp3) is 0.917. The van der Waals surface area contributed by atoms with Crippen molar-refractivity contribution in [2.75, 3.05) is 78.5 Å². The van der Waals surface area contributed by atoms with Crippen molar-refractivity contribution in [2.24, 2.45) is 22.9 Å². The van der Waals surface area contributed by atoms with E-state index in [1.54, 1.807) is 0 Å². The largest absolute Gasteiger partial charge is 0.353 e. The molecule has 0 heterocycles. The standard InChI is InChI=1S/C24H56N10O2/c25-9-3-15-29-13-1-7-21(31-17-5-11-27)23(35)33-19-20-34-24(36)22(32-18-6-12-28)8-2-14-30-16-4-10-26/h21-22,29-32H,1-20,25-28H2,(H,33,35)(H,34,36). The molecule has 0 aliphatic rings. The van der Waals surface area contributed by atoms with Crippen molar-refractivity contribution in [3.05, 3.63) is 0 Å². The summed E-state index contributed by atoms with van der Waals surface area (Å²) in [4.78, 5) is 25.4. The average molecular weight is 517 g/mol. The zero-order chi connectivity index (χ0) is 26.7. The van der Waals surface area contributed by atoms with Crippen LogP contribution in [0.25, 0.3) is 0 Å². The van der Waals surface area contributed by atoms with Gasteiger partial charge in [-0.1, -0.05) is 0 Å². The van der Waals surface area contributed by atoms with Crippen molar-refractivity contribution in [3.63, 3.8) is 0 Å². The number of rotatable bonds is 27. The van der Waals surface area contributed by atoms with Crippen LogP contribution in [0.1, 0.15) is 51.4 Å². The Kier molecular flexibility index (Phi) is 25.7. The molecule has 0 radical (unpaired) electrons. The van der Waals surface area contributed by atoms with E-state index in [0.29, 0.717) is 52.4 Å². The fourth-order valence-electron chi connectivity index (χ4n) is 3.59. The van der Waals surface area contributed by atoms with Gasteiger partial charge in [0, 0.05) is 13.1 Å². The molecule has 2 unspecified atom stereocenters. The fourth-order valence-corrected chi connectivity index (χ4v) is 3.59. The highest BCUT2D eigenvalue weighted by Gasteiger charge is 2.19. The first-order valence-electron chi connectivity index (χ1n) is 13.8. The van der Waals surface area contributed by atoms with Crippen LogP contribution in [0.4, 0.5) is 0 Å². The Hall–Kier alpha value is -1.38. The monoisotopic (exact) mass is 516 g/mol. The van der Waals surface area contributed by atoms with Crippen LogP contribution in [0.3, 0.4) is 0 Å². The Balaban J connectivity index is 4.40. The molecular weight excluding hydrogens is 460 g/mol. The molecule has 0 saturated heterocycles. The van der Waals surface area contributed by atoms with Gasteiger partial charge in [-0.2, -0.15) is 0 Å². The molecule has 0 fully saturated rings. The van der Waals surface area contributed by atoms with Crippen molar-refractivity contribution in [2.45, 2.75) is 63.5 Å². The molecule has 12 heteroatoms. The maximum atomic E-state index is 12.7. The third-order valence-corrected chi connectivity index (χ3v) is 5.71. The second-order valence-electron chi connectivity index (χ2n) is 8.95. The predicted octanol–water partition coefficient (Wildman–Crippen LogP) is -2.73. The SMILES string of the molecule is NCCCNCCCC(NCCCN)C(=O)NCCNC(=O)C(CCCNCCCN)NCCCN. The molecule has 36 heavy (non-hydrogen) atoms. The van der Waals surface area contributed by atoms with Crippen LogP contribution in [0.5, 0.6) is 0 Å². The van der Waals surface area contributed by atoms with Gasteiger partial charge in [0.05, 0.1) is 12.1 Å². The van der Waals surface area contributed by atoms with Gasteiger partial charge in [-0.3, -0.25) is 9.59 Å². The van der Waals surface area contributed by atoms with Crippen molar-refractivity contribution >= 4 is 11.8 Å². The number of carbonyl (C=O) groups excluding carboxylic acids is 2. The molecule has 214 valence electrons. The quantitative estimate of drug-likeness (QED) is 0.0509. The molecule has 0 saturated carbocycles. The van der Waals surface area contributed by atoms with Gasteiger partial charge in [-0.25, -0.2) is 0 Å². The van der Waals surface area contributed by atoms with Crippen LogP contribution in [0, 0.1) is 0 Å². The predicted molar refractivity (Wildman–Crippen MR) is 148 cm³/mol. The van der Waals surface area contributed by atoms with Crippen molar-refractivity contribution in [3.8, 4) is 0 Å². The van der Waals surface area contributed by atoms with E-state index in [4.69, 9.17) is 22.9 Å². The van der Waals surface area contributed by atoms with Gasteiger partial charge in [0.25, 0.3) is 0 Å². The summed E-state index contributed by atoms with van der Waals surface area (Å²) in [6.07, 6.45) is 6.73. The van der Waals surface area contributed by atoms with Gasteiger partial charge in [0.2, 0.25) is 11.8 Å². The van der Waals surface area contributed by atoms with Crippen LogP contribution in [-0.2, 0) is 9.59 Å². The number of nitrogens with two attached hydrogens (primary N) is 4. The Morgan fingerprint density at radius 2 is 0.806 bits per heavy atom. The lowest BCUT2D eigenvalue weighted by Crippen LogP contribution is -2.49. The molecule has 0 aromatic rings. The van der Waals surface area contributed by atoms with Crippen molar-refractivity contribution < 1.29 is 9.59 Å². The average Bonchev–Trinajstić information content (AvgIpc) is 2.88. The maximum Gasteiger partial charge on any atom is 0.237 e. The van der Waals surface area contributed by atoms with Gasteiger partial charge in [0.15, 0.2) is 0 Å². The van der Waals surface area contributed by atoms with Crippen molar-refractivity contribution in [1.82, 2.24) is 31.9 Å². The summed E-state index contributed by atoms with van der Waals surface area (Å²) in [5.41, 5.74) is 22.2. The lowest BCUT2D eigenvalue weighted by Gasteiger charge is -2.20. The number of amides is 2. The lowest BCUT2D eigenvalue weighted by atomic mass is 10.1. The van der Waals surface area contributed by atoms with Gasteiger partial charge in [-0.05, 0) is 117 Å². The molecule has 0 spiro atoms. The number of hydrogen-bond donors (Lipinski definition) is 10. The van der Waals surface area contributed by atoms with E-state index in [0.717, 1.165) is 77.5 Å². The van der Waals surface area contributed by atoms with Crippen LogP contribution in [0.15, 0.2) is 0 Å². The molecule has 0 rings (SSSR count). The molecule has 14 N–H and O–H groups in total. The summed E-state index contributed by atoms with van der Waals surface area (Å²) in [6.45, 7) is 8.14. The zero-order valence-electron chi connectivity index (χ0n) is 22.4. The van der Waals surface area contributed by atoms with E-state index in [9.17, 15) is 9.59 Å². The molecular formula is C24H56N10O2. The lowest BCUT2D eigenvalue weighted by molar-refractivity contribution is -0.125. The van der Waals surface area contributed by atoms with Gasteiger partial charge in [0.1, 0.15) is 0 Å². The number of carbonyl (C=O) groups is 2. The minimum absolute atomic E-state index is 0.0515. The molecule has 0 aromatic heterocycles. The summed E-state index contributed by atoms with van der Waals surface area (Å²) < 4.78 is 0. The molecule has 0 aromatic carbocycles. The summed E-state index contributed by atoms with van der Waals surface area (Å²) in [7, 11) is 0. The second kappa shape index (κ2) is 26.7. The summed E-state index contributed by atoms with van der Waals surface area (Å²) in [5, 5.41) is 19.2. The van der Waals surface area contributed by atoms with Crippen LogP contribution in [-0.4, -0.2) is 102 Å². The minimum atomic E-state index is -0.277. The van der Waals surface area contributed by atoms with Crippen LogP contribution >= 0.6 is 0 Å². The maximum absolute atomic E-state index is 12.7. The highest BCUT2D eigenvalue weighted by Crippen LogP contribution is 1.99. The molecule has 2 atom stereocenters. The summed E-state index contributed by atoms with van der Waals surface area (Å²) in [5.74, 6) is -0.103.